The van der Waals surface area contributed by atoms with Crippen molar-refractivity contribution in [1.29, 1.82) is 0 Å². The van der Waals surface area contributed by atoms with Crippen molar-refractivity contribution >= 4 is 0 Å². The molecule has 0 saturated carbocycles. The molecule has 1 heterocycles. The number of aryl methyl sites for hydroxylation is 1. The monoisotopic (exact) mass is 277 g/mol. The normalized spacial score (nSPS) is 12.3. The van der Waals surface area contributed by atoms with Crippen molar-refractivity contribution in [3.63, 3.8) is 0 Å². The van der Waals surface area contributed by atoms with Crippen LogP contribution in [0.4, 0.5) is 0 Å². The summed E-state index contributed by atoms with van der Waals surface area (Å²) in [4.78, 5) is 4.28. The SMILES string of the molecule is Cc1cccc(-c2cncn2CC(N)c2ccccc2)c1. The lowest BCUT2D eigenvalue weighted by Crippen LogP contribution is -2.17. The van der Waals surface area contributed by atoms with Crippen LogP contribution in [-0.2, 0) is 6.54 Å². The van der Waals surface area contributed by atoms with Crippen LogP contribution in [0.25, 0.3) is 11.3 Å². The lowest BCUT2D eigenvalue weighted by molar-refractivity contribution is 0.580. The molecule has 3 aromatic rings. The van der Waals surface area contributed by atoms with E-state index >= 15 is 0 Å². The van der Waals surface area contributed by atoms with Gasteiger partial charge in [-0.3, -0.25) is 0 Å². The highest BCUT2D eigenvalue weighted by molar-refractivity contribution is 5.59. The van der Waals surface area contributed by atoms with Crippen molar-refractivity contribution in [3.8, 4) is 11.3 Å². The Balaban J connectivity index is 1.86. The zero-order chi connectivity index (χ0) is 14.7. The first-order valence-electron chi connectivity index (χ1n) is 7.12. The molecule has 1 aromatic heterocycles. The minimum Gasteiger partial charge on any atom is -0.329 e. The average molecular weight is 277 g/mol. The van der Waals surface area contributed by atoms with Crippen molar-refractivity contribution < 1.29 is 0 Å². The van der Waals surface area contributed by atoms with Crippen LogP contribution in [0, 0.1) is 6.92 Å². The lowest BCUT2D eigenvalue weighted by atomic mass is 10.1. The summed E-state index contributed by atoms with van der Waals surface area (Å²) in [5, 5.41) is 0. The minimum absolute atomic E-state index is 0.0380. The van der Waals surface area contributed by atoms with Gasteiger partial charge in [0.05, 0.1) is 18.2 Å². The Morgan fingerprint density at radius 1 is 1.10 bits per heavy atom. The number of hydrogen-bond donors (Lipinski definition) is 1. The van der Waals surface area contributed by atoms with Crippen LogP contribution in [0.15, 0.2) is 67.1 Å². The van der Waals surface area contributed by atoms with Gasteiger partial charge in [-0.25, -0.2) is 4.98 Å². The number of aromatic nitrogens is 2. The number of nitrogens with two attached hydrogens (primary N) is 1. The minimum atomic E-state index is -0.0380. The first-order chi connectivity index (χ1) is 10.2. The van der Waals surface area contributed by atoms with E-state index in [2.05, 4.69) is 52.9 Å². The highest BCUT2D eigenvalue weighted by Gasteiger charge is 2.10. The van der Waals surface area contributed by atoms with E-state index in [9.17, 15) is 0 Å². The molecule has 0 aliphatic carbocycles. The molecule has 106 valence electrons. The molecule has 0 spiro atoms. The Morgan fingerprint density at radius 2 is 1.90 bits per heavy atom. The third-order valence-corrected chi connectivity index (χ3v) is 3.65. The van der Waals surface area contributed by atoms with E-state index in [0.29, 0.717) is 6.54 Å². The summed E-state index contributed by atoms with van der Waals surface area (Å²) in [5.41, 5.74) is 11.0. The Kier molecular flexibility index (Phi) is 3.84. The summed E-state index contributed by atoms with van der Waals surface area (Å²) in [5.74, 6) is 0. The van der Waals surface area contributed by atoms with Gasteiger partial charge in [-0.05, 0) is 18.6 Å². The van der Waals surface area contributed by atoms with Crippen molar-refractivity contribution in [2.24, 2.45) is 5.73 Å². The summed E-state index contributed by atoms with van der Waals surface area (Å²) in [6, 6.07) is 18.6. The van der Waals surface area contributed by atoms with Gasteiger partial charge in [0.15, 0.2) is 0 Å². The second kappa shape index (κ2) is 5.94. The molecule has 0 radical (unpaired) electrons. The van der Waals surface area contributed by atoms with Crippen LogP contribution in [-0.4, -0.2) is 9.55 Å². The fourth-order valence-electron chi connectivity index (χ4n) is 2.53. The second-order valence-electron chi connectivity index (χ2n) is 5.32. The highest BCUT2D eigenvalue weighted by atomic mass is 15.1. The van der Waals surface area contributed by atoms with Gasteiger partial charge in [0.2, 0.25) is 0 Å². The van der Waals surface area contributed by atoms with Gasteiger partial charge in [0, 0.05) is 18.2 Å². The molecule has 3 nitrogen and oxygen atoms in total. The van der Waals surface area contributed by atoms with Crippen LogP contribution in [0.5, 0.6) is 0 Å². The van der Waals surface area contributed by atoms with E-state index < -0.39 is 0 Å². The Bertz CT molecular complexity index is 716. The first kappa shape index (κ1) is 13.6. The topological polar surface area (TPSA) is 43.8 Å². The third kappa shape index (κ3) is 3.03. The largest absolute Gasteiger partial charge is 0.329 e. The predicted molar refractivity (Wildman–Crippen MR) is 85.8 cm³/mol. The molecule has 0 aliphatic rings. The van der Waals surface area contributed by atoms with Crippen LogP contribution in [0.1, 0.15) is 17.2 Å². The van der Waals surface area contributed by atoms with Crippen LogP contribution < -0.4 is 5.73 Å². The molecule has 3 rings (SSSR count). The maximum Gasteiger partial charge on any atom is 0.0951 e. The van der Waals surface area contributed by atoms with Crippen molar-refractivity contribution in [3.05, 3.63) is 78.2 Å². The van der Waals surface area contributed by atoms with E-state index in [1.807, 2.05) is 30.7 Å². The van der Waals surface area contributed by atoms with Crippen molar-refractivity contribution in [2.75, 3.05) is 0 Å². The highest BCUT2D eigenvalue weighted by Crippen LogP contribution is 2.22. The summed E-state index contributed by atoms with van der Waals surface area (Å²) in [7, 11) is 0. The summed E-state index contributed by atoms with van der Waals surface area (Å²) < 4.78 is 2.12. The Labute approximate surface area is 125 Å². The predicted octanol–water partition coefficient (Wildman–Crippen LogP) is 3.56. The molecule has 3 heteroatoms. The third-order valence-electron chi connectivity index (χ3n) is 3.65. The fourth-order valence-corrected chi connectivity index (χ4v) is 2.53. The fraction of sp³-hybridized carbons (Fsp3) is 0.167. The standard InChI is InChI=1S/C18H19N3/c1-14-6-5-9-16(10-14)18-11-20-13-21(18)12-17(19)15-7-3-2-4-8-15/h2-11,13,17H,12,19H2,1H3. The first-order valence-corrected chi connectivity index (χ1v) is 7.12. The zero-order valence-corrected chi connectivity index (χ0v) is 12.1. The quantitative estimate of drug-likeness (QED) is 0.792. The van der Waals surface area contributed by atoms with Gasteiger partial charge in [0.1, 0.15) is 0 Å². The van der Waals surface area contributed by atoms with E-state index in [-0.39, 0.29) is 6.04 Å². The molecule has 1 atom stereocenters. The smallest absolute Gasteiger partial charge is 0.0951 e. The molecule has 21 heavy (non-hydrogen) atoms. The maximum absolute atomic E-state index is 6.31. The molecule has 2 aromatic carbocycles. The molecule has 1 unspecified atom stereocenters. The molecule has 0 fully saturated rings. The summed E-state index contributed by atoms with van der Waals surface area (Å²) in [6.45, 7) is 2.81. The number of hydrogen-bond acceptors (Lipinski definition) is 2. The van der Waals surface area contributed by atoms with Gasteiger partial charge in [-0.1, -0.05) is 54.1 Å². The van der Waals surface area contributed by atoms with E-state index in [1.165, 1.54) is 11.1 Å². The van der Waals surface area contributed by atoms with E-state index in [1.54, 1.807) is 0 Å². The molecule has 0 aliphatic heterocycles. The molecular formula is C18H19N3. The molecular weight excluding hydrogens is 258 g/mol. The van der Waals surface area contributed by atoms with E-state index in [4.69, 9.17) is 5.73 Å². The molecule has 0 bridgehead atoms. The van der Waals surface area contributed by atoms with E-state index in [0.717, 1.165) is 11.3 Å². The lowest BCUT2D eigenvalue weighted by Gasteiger charge is -2.15. The van der Waals surface area contributed by atoms with Crippen LogP contribution in [0.3, 0.4) is 0 Å². The van der Waals surface area contributed by atoms with Crippen LogP contribution in [0.2, 0.25) is 0 Å². The molecule has 2 N–H and O–H groups in total. The number of benzene rings is 2. The maximum atomic E-state index is 6.31. The Hall–Kier alpha value is -2.39. The second-order valence-corrected chi connectivity index (χ2v) is 5.32. The molecule has 0 saturated heterocycles. The Morgan fingerprint density at radius 3 is 2.67 bits per heavy atom. The average Bonchev–Trinajstić information content (AvgIpc) is 2.96. The van der Waals surface area contributed by atoms with Gasteiger partial charge >= 0.3 is 0 Å². The number of imidazole rings is 1. The van der Waals surface area contributed by atoms with Gasteiger partial charge in [-0.15, -0.1) is 0 Å². The molecule has 0 amide bonds. The van der Waals surface area contributed by atoms with Crippen LogP contribution >= 0.6 is 0 Å². The van der Waals surface area contributed by atoms with Gasteiger partial charge in [-0.2, -0.15) is 0 Å². The summed E-state index contributed by atoms with van der Waals surface area (Å²) in [6.07, 6.45) is 3.74. The zero-order valence-electron chi connectivity index (χ0n) is 12.1. The summed E-state index contributed by atoms with van der Waals surface area (Å²) >= 11 is 0. The van der Waals surface area contributed by atoms with Crippen molar-refractivity contribution in [1.82, 2.24) is 9.55 Å². The van der Waals surface area contributed by atoms with Gasteiger partial charge < -0.3 is 10.3 Å². The number of nitrogens with zero attached hydrogens (tertiary/aromatic N) is 2. The number of rotatable bonds is 4. The van der Waals surface area contributed by atoms with Crippen molar-refractivity contribution in [2.45, 2.75) is 19.5 Å². The van der Waals surface area contributed by atoms with Gasteiger partial charge in [0.25, 0.3) is 0 Å².